The Hall–Kier alpha value is -1.77. The average Bonchev–Trinajstić information content (AvgIpc) is 2.30. The van der Waals surface area contributed by atoms with Crippen LogP contribution >= 0.6 is 0 Å². The Morgan fingerprint density at radius 3 is 2.47 bits per heavy atom. The Balaban J connectivity index is 2.70. The lowest BCUT2D eigenvalue weighted by Gasteiger charge is -2.21. The van der Waals surface area contributed by atoms with E-state index in [-0.39, 0.29) is 5.91 Å². The Kier molecular flexibility index (Phi) is 4.32. The van der Waals surface area contributed by atoms with E-state index < -0.39 is 5.41 Å². The second kappa shape index (κ2) is 5.53. The highest BCUT2D eigenvalue weighted by Gasteiger charge is 2.25. The van der Waals surface area contributed by atoms with Gasteiger partial charge in [0.15, 0.2) is 0 Å². The molecule has 0 saturated carbocycles. The summed E-state index contributed by atoms with van der Waals surface area (Å²) in [7, 11) is 1.61. The second-order valence-corrected chi connectivity index (χ2v) is 4.56. The summed E-state index contributed by atoms with van der Waals surface area (Å²) in [4.78, 5) is 12.0. The number of anilines is 1. The van der Waals surface area contributed by atoms with Gasteiger partial charge in [-0.3, -0.25) is 4.79 Å². The number of nitrogens with one attached hydrogen (secondary N) is 1. The quantitative estimate of drug-likeness (QED) is 0.793. The fourth-order valence-corrected chi connectivity index (χ4v) is 1.43. The molecule has 0 atom stereocenters. The number of carbonyl (C=O) groups excluding carboxylic acids is 1. The number of amides is 1. The van der Waals surface area contributed by atoms with Gasteiger partial charge in [-0.2, -0.15) is 0 Å². The first kappa shape index (κ1) is 13.3. The smallest absolute Gasteiger partial charge is 0.230 e. The maximum Gasteiger partial charge on any atom is 0.230 e. The fourth-order valence-electron chi connectivity index (χ4n) is 1.43. The van der Waals surface area contributed by atoms with Crippen LogP contribution in [0, 0.1) is 5.41 Å². The first-order valence-electron chi connectivity index (χ1n) is 5.56. The van der Waals surface area contributed by atoms with E-state index in [2.05, 4.69) is 11.9 Å². The molecule has 0 unspecified atom stereocenters. The molecule has 1 amide bonds. The monoisotopic (exact) mass is 233 g/mol. The van der Waals surface area contributed by atoms with Crippen LogP contribution in [0.25, 0.3) is 0 Å². The van der Waals surface area contributed by atoms with Crippen molar-refractivity contribution in [3.05, 3.63) is 36.9 Å². The standard InChI is InChI=1S/C14H19NO2/c1-5-10-14(2,3)13(16)15-11-6-8-12(17-4)9-7-11/h5-9H,1,10H2,2-4H3,(H,15,16). The van der Waals surface area contributed by atoms with Crippen molar-refractivity contribution in [2.24, 2.45) is 5.41 Å². The third-order valence-corrected chi connectivity index (χ3v) is 2.62. The first-order chi connectivity index (χ1) is 7.99. The minimum Gasteiger partial charge on any atom is -0.497 e. The van der Waals surface area contributed by atoms with Crippen molar-refractivity contribution in [2.75, 3.05) is 12.4 Å². The van der Waals surface area contributed by atoms with Crippen LogP contribution in [-0.4, -0.2) is 13.0 Å². The molecule has 1 N–H and O–H groups in total. The zero-order valence-electron chi connectivity index (χ0n) is 10.6. The van der Waals surface area contributed by atoms with Crippen molar-refractivity contribution in [3.8, 4) is 5.75 Å². The highest BCUT2D eigenvalue weighted by Crippen LogP contribution is 2.24. The first-order valence-corrected chi connectivity index (χ1v) is 5.56. The Bertz CT molecular complexity index is 393. The molecule has 0 aliphatic rings. The molecule has 1 aromatic rings. The summed E-state index contributed by atoms with van der Waals surface area (Å²) in [5.74, 6) is 0.760. The molecular weight excluding hydrogens is 214 g/mol. The van der Waals surface area contributed by atoms with Crippen molar-refractivity contribution in [3.63, 3.8) is 0 Å². The second-order valence-electron chi connectivity index (χ2n) is 4.56. The molecule has 0 heterocycles. The van der Waals surface area contributed by atoms with Gasteiger partial charge in [-0.05, 0) is 30.7 Å². The van der Waals surface area contributed by atoms with Crippen molar-refractivity contribution in [2.45, 2.75) is 20.3 Å². The van der Waals surface area contributed by atoms with Gasteiger partial charge in [0.1, 0.15) is 5.75 Å². The summed E-state index contributed by atoms with van der Waals surface area (Å²) in [5, 5.41) is 2.88. The van der Waals surface area contributed by atoms with Crippen LogP contribution in [0.2, 0.25) is 0 Å². The van der Waals surface area contributed by atoms with Crippen molar-refractivity contribution in [1.29, 1.82) is 0 Å². The molecule has 0 aliphatic heterocycles. The van der Waals surface area contributed by atoms with Gasteiger partial charge in [0.2, 0.25) is 5.91 Å². The summed E-state index contributed by atoms with van der Waals surface area (Å²) < 4.78 is 5.05. The molecule has 0 spiro atoms. The largest absolute Gasteiger partial charge is 0.497 e. The molecule has 1 aromatic carbocycles. The third kappa shape index (κ3) is 3.63. The van der Waals surface area contributed by atoms with Crippen LogP contribution in [0.1, 0.15) is 20.3 Å². The van der Waals surface area contributed by atoms with E-state index in [4.69, 9.17) is 4.74 Å². The molecule has 0 bridgehead atoms. The molecule has 3 heteroatoms. The summed E-state index contributed by atoms with van der Waals surface area (Å²) in [6, 6.07) is 7.27. The minimum absolute atomic E-state index is 0.0115. The van der Waals surface area contributed by atoms with Gasteiger partial charge in [-0.15, -0.1) is 6.58 Å². The van der Waals surface area contributed by atoms with Crippen LogP contribution < -0.4 is 10.1 Å². The number of hydrogen-bond acceptors (Lipinski definition) is 2. The number of methoxy groups -OCH3 is 1. The van der Waals surface area contributed by atoms with Crippen LogP contribution in [0.15, 0.2) is 36.9 Å². The van der Waals surface area contributed by atoms with Gasteiger partial charge in [-0.1, -0.05) is 19.9 Å². The zero-order chi connectivity index (χ0) is 12.9. The minimum atomic E-state index is -0.443. The maximum absolute atomic E-state index is 12.0. The molecular formula is C14H19NO2. The van der Waals surface area contributed by atoms with Gasteiger partial charge in [-0.25, -0.2) is 0 Å². The number of benzene rings is 1. The topological polar surface area (TPSA) is 38.3 Å². The molecule has 1 rings (SSSR count). The lowest BCUT2D eigenvalue weighted by atomic mass is 9.88. The van der Waals surface area contributed by atoms with E-state index in [0.717, 1.165) is 11.4 Å². The molecule has 0 aliphatic carbocycles. The van der Waals surface area contributed by atoms with Crippen LogP contribution in [0.5, 0.6) is 5.75 Å². The molecule has 0 radical (unpaired) electrons. The van der Waals surface area contributed by atoms with Crippen molar-refractivity contribution < 1.29 is 9.53 Å². The van der Waals surface area contributed by atoms with E-state index >= 15 is 0 Å². The predicted molar refractivity (Wildman–Crippen MR) is 70.2 cm³/mol. The SMILES string of the molecule is C=CCC(C)(C)C(=O)Nc1ccc(OC)cc1. The third-order valence-electron chi connectivity index (χ3n) is 2.62. The van der Waals surface area contributed by atoms with Gasteiger partial charge in [0, 0.05) is 11.1 Å². The number of carbonyl (C=O) groups is 1. The van der Waals surface area contributed by atoms with E-state index in [0.29, 0.717) is 6.42 Å². The van der Waals surface area contributed by atoms with E-state index in [1.165, 1.54) is 0 Å². The number of ether oxygens (including phenoxy) is 1. The Morgan fingerprint density at radius 1 is 1.41 bits per heavy atom. The molecule has 0 fully saturated rings. The average molecular weight is 233 g/mol. The molecule has 92 valence electrons. The van der Waals surface area contributed by atoms with E-state index in [1.54, 1.807) is 13.2 Å². The lowest BCUT2D eigenvalue weighted by Crippen LogP contribution is -2.30. The van der Waals surface area contributed by atoms with Gasteiger partial charge >= 0.3 is 0 Å². The predicted octanol–water partition coefficient (Wildman–Crippen LogP) is 3.24. The Labute approximate surface area is 102 Å². The Morgan fingerprint density at radius 2 is 2.00 bits per heavy atom. The summed E-state index contributed by atoms with van der Waals surface area (Å²) in [5.41, 5.74) is 0.328. The van der Waals surface area contributed by atoms with Crippen LogP contribution in [0.3, 0.4) is 0 Å². The number of allylic oxidation sites excluding steroid dienone is 1. The van der Waals surface area contributed by atoms with Gasteiger partial charge in [0.05, 0.1) is 7.11 Å². The highest BCUT2D eigenvalue weighted by molar-refractivity contribution is 5.94. The summed E-state index contributed by atoms with van der Waals surface area (Å²) in [6.45, 7) is 7.45. The molecule has 0 aromatic heterocycles. The van der Waals surface area contributed by atoms with Crippen LogP contribution in [-0.2, 0) is 4.79 Å². The molecule has 3 nitrogen and oxygen atoms in total. The van der Waals surface area contributed by atoms with E-state index in [9.17, 15) is 4.79 Å². The summed E-state index contributed by atoms with van der Waals surface area (Å²) >= 11 is 0. The lowest BCUT2D eigenvalue weighted by molar-refractivity contribution is -0.123. The highest BCUT2D eigenvalue weighted by atomic mass is 16.5. The zero-order valence-corrected chi connectivity index (χ0v) is 10.6. The normalized spacial score (nSPS) is 10.8. The number of hydrogen-bond donors (Lipinski definition) is 1. The fraction of sp³-hybridized carbons (Fsp3) is 0.357. The molecule has 17 heavy (non-hydrogen) atoms. The van der Waals surface area contributed by atoms with Crippen molar-refractivity contribution >= 4 is 11.6 Å². The van der Waals surface area contributed by atoms with Gasteiger partial charge in [0.25, 0.3) is 0 Å². The number of rotatable bonds is 5. The van der Waals surface area contributed by atoms with Gasteiger partial charge < -0.3 is 10.1 Å². The van der Waals surface area contributed by atoms with Crippen molar-refractivity contribution in [1.82, 2.24) is 0 Å². The van der Waals surface area contributed by atoms with E-state index in [1.807, 2.05) is 38.1 Å². The van der Waals surface area contributed by atoms with Crippen LogP contribution in [0.4, 0.5) is 5.69 Å². The summed E-state index contributed by atoms with van der Waals surface area (Å²) in [6.07, 6.45) is 2.41. The molecule has 0 saturated heterocycles. The maximum atomic E-state index is 12.0.